The Morgan fingerprint density at radius 2 is 2.56 bits per heavy atom. The van der Waals surface area contributed by atoms with Crippen LogP contribution < -0.4 is 5.32 Å². The van der Waals surface area contributed by atoms with Crippen LogP contribution >= 0.6 is 11.8 Å². The Hall–Kier alpha value is 0.310. The summed E-state index contributed by atoms with van der Waals surface area (Å²) in [5, 5.41) is 3.47. The molecular weight excluding hydrogens is 130 g/mol. The molecule has 1 fully saturated rings. The van der Waals surface area contributed by atoms with Gasteiger partial charge in [0.05, 0.1) is 0 Å². The lowest BCUT2D eigenvalue weighted by Crippen LogP contribution is -2.23. The Labute approximate surface area is 61.6 Å². The molecule has 0 bridgehead atoms. The van der Waals surface area contributed by atoms with E-state index in [1.54, 1.807) is 0 Å². The molecule has 1 saturated heterocycles. The van der Waals surface area contributed by atoms with Crippen LogP contribution in [0.3, 0.4) is 0 Å². The topological polar surface area (TPSA) is 12.0 Å². The van der Waals surface area contributed by atoms with Gasteiger partial charge in [-0.05, 0) is 25.1 Å². The van der Waals surface area contributed by atoms with Gasteiger partial charge in [0.1, 0.15) is 0 Å². The van der Waals surface area contributed by atoms with Gasteiger partial charge in [-0.15, -0.1) is 0 Å². The molecule has 1 rings (SSSR count). The summed E-state index contributed by atoms with van der Waals surface area (Å²) in [5.74, 6) is 2.58. The van der Waals surface area contributed by atoms with Crippen molar-refractivity contribution < 1.29 is 0 Å². The summed E-state index contributed by atoms with van der Waals surface area (Å²) in [6.07, 6.45) is 2.78. The second-order valence-electron chi connectivity index (χ2n) is 2.45. The maximum atomic E-state index is 3.47. The summed E-state index contributed by atoms with van der Waals surface area (Å²) in [7, 11) is 0. The summed E-state index contributed by atoms with van der Waals surface area (Å²) < 4.78 is 0. The van der Waals surface area contributed by atoms with Crippen LogP contribution in [0.1, 0.15) is 19.8 Å². The van der Waals surface area contributed by atoms with E-state index in [-0.39, 0.29) is 0 Å². The molecule has 0 aromatic carbocycles. The van der Waals surface area contributed by atoms with Crippen molar-refractivity contribution in [2.24, 2.45) is 0 Å². The second kappa shape index (κ2) is 4.18. The van der Waals surface area contributed by atoms with Crippen LogP contribution in [-0.2, 0) is 0 Å². The fourth-order valence-electron chi connectivity index (χ4n) is 1.16. The van der Waals surface area contributed by atoms with Crippen molar-refractivity contribution in [1.29, 1.82) is 0 Å². The number of hydrogen-bond donors (Lipinski definition) is 1. The van der Waals surface area contributed by atoms with Gasteiger partial charge in [-0.3, -0.25) is 0 Å². The quantitative estimate of drug-likeness (QED) is 0.646. The van der Waals surface area contributed by atoms with Crippen molar-refractivity contribution in [3.8, 4) is 0 Å². The standard InChI is InChI=1S/C7H15NS/c1-2-9-6-7-4-3-5-8-7/h7-8H,2-6H2,1H3. The van der Waals surface area contributed by atoms with Crippen LogP contribution in [0.25, 0.3) is 0 Å². The maximum Gasteiger partial charge on any atom is 0.0158 e. The number of hydrogen-bond acceptors (Lipinski definition) is 2. The Kier molecular flexibility index (Phi) is 3.44. The van der Waals surface area contributed by atoms with Gasteiger partial charge in [0.2, 0.25) is 0 Å². The molecule has 1 aliphatic heterocycles. The van der Waals surface area contributed by atoms with Crippen molar-refractivity contribution in [1.82, 2.24) is 5.32 Å². The summed E-state index contributed by atoms with van der Waals surface area (Å²) >= 11 is 2.04. The highest BCUT2D eigenvalue weighted by Crippen LogP contribution is 2.10. The molecule has 1 heterocycles. The minimum absolute atomic E-state index is 0.829. The molecule has 0 aromatic rings. The Balaban J connectivity index is 1.98. The lowest BCUT2D eigenvalue weighted by Gasteiger charge is -2.06. The van der Waals surface area contributed by atoms with Gasteiger partial charge >= 0.3 is 0 Å². The van der Waals surface area contributed by atoms with Gasteiger partial charge in [0.25, 0.3) is 0 Å². The van der Waals surface area contributed by atoms with Gasteiger partial charge in [-0.25, -0.2) is 0 Å². The molecule has 0 aromatic heterocycles. The molecule has 54 valence electrons. The zero-order valence-electron chi connectivity index (χ0n) is 6.02. The smallest absolute Gasteiger partial charge is 0.0158 e. The monoisotopic (exact) mass is 145 g/mol. The number of rotatable bonds is 3. The van der Waals surface area contributed by atoms with Crippen LogP contribution in [0.4, 0.5) is 0 Å². The molecular formula is C7H15NS. The highest BCUT2D eigenvalue weighted by Gasteiger charge is 2.12. The molecule has 0 aliphatic carbocycles. The van der Waals surface area contributed by atoms with E-state index in [1.807, 2.05) is 11.8 Å². The average Bonchev–Trinajstić information content (AvgIpc) is 2.34. The van der Waals surface area contributed by atoms with Gasteiger partial charge < -0.3 is 5.32 Å². The third-order valence-corrected chi connectivity index (χ3v) is 2.73. The first-order valence-corrected chi connectivity index (χ1v) is 4.90. The normalized spacial score (nSPS) is 27.0. The molecule has 1 aliphatic rings. The molecule has 1 atom stereocenters. The van der Waals surface area contributed by atoms with Gasteiger partial charge in [0, 0.05) is 11.8 Å². The molecule has 9 heavy (non-hydrogen) atoms. The minimum Gasteiger partial charge on any atom is -0.313 e. The average molecular weight is 145 g/mol. The predicted molar refractivity (Wildman–Crippen MR) is 44.0 cm³/mol. The van der Waals surface area contributed by atoms with Crippen LogP contribution in [0.5, 0.6) is 0 Å². The lowest BCUT2D eigenvalue weighted by molar-refractivity contribution is 0.674. The summed E-state index contributed by atoms with van der Waals surface area (Å²) in [5.41, 5.74) is 0. The first-order valence-electron chi connectivity index (χ1n) is 3.74. The van der Waals surface area contributed by atoms with E-state index in [2.05, 4.69) is 12.2 Å². The summed E-state index contributed by atoms with van der Waals surface area (Å²) in [6, 6.07) is 0.829. The van der Waals surface area contributed by atoms with Crippen molar-refractivity contribution in [3.63, 3.8) is 0 Å². The summed E-state index contributed by atoms with van der Waals surface area (Å²) in [6.45, 7) is 3.47. The van der Waals surface area contributed by atoms with E-state index in [9.17, 15) is 0 Å². The fourth-order valence-corrected chi connectivity index (χ4v) is 1.96. The fraction of sp³-hybridized carbons (Fsp3) is 1.00. The third-order valence-electron chi connectivity index (χ3n) is 1.69. The van der Waals surface area contributed by atoms with Crippen LogP contribution in [0, 0.1) is 0 Å². The third kappa shape index (κ3) is 2.59. The van der Waals surface area contributed by atoms with Crippen LogP contribution in [-0.4, -0.2) is 24.1 Å². The maximum absolute atomic E-state index is 3.47. The molecule has 0 radical (unpaired) electrons. The molecule has 1 N–H and O–H groups in total. The predicted octanol–water partition coefficient (Wildman–Crippen LogP) is 1.49. The van der Waals surface area contributed by atoms with Crippen molar-refractivity contribution in [2.75, 3.05) is 18.1 Å². The first-order chi connectivity index (χ1) is 4.43. The largest absolute Gasteiger partial charge is 0.313 e. The first kappa shape index (κ1) is 7.42. The highest BCUT2D eigenvalue weighted by atomic mass is 32.2. The minimum atomic E-state index is 0.829. The van der Waals surface area contributed by atoms with Crippen LogP contribution in [0.2, 0.25) is 0 Å². The van der Waals surface area contributed by atoms with E-state index < -0.39 is 0 Å². The van der Waals surface area contributed by atoms with Gasteiger partial charge in [0.15, 0.2) is 0 Å². The molecule has 0 amide bonds. The zero-order chi connectivity index (χ0) is 6.53. The Bertz CT molecular complexity index is 69.3. The molecule has 1 unspecified atom stereocenters. The van der Waals surface area contributed by atoms with E-state index >= 15 is 0 Å². The SMILES string of the molecule is CCSCC1CCCN1. The Morgan fingerprint density at radius 1 is 1.67 bits per heavy atom. The number of nitrogens with one attached hydrogen (secondary N) is 1. The molecule has 0 saturated carbocycles. The van der Waals surface area contributed by atoms with Crippen LogP contribution in [0.15, 0.2) is 0 Å². The van der Waals surface area contributed by atoms with Gasteiger partial charge in [-0.1, -0.05) is 6.92 Å². The van der Waals surface area contributed by atoms with E-state index in [1.165, 1.54) is 30.9 Å². The van der Waals surface area contributed by atoms with Crippen molar-refractivity contribution in [2.45, 2.75) is 25.8 Å². The molecule has 2 heteroatoms. The lowest BCUT2D eigenvalue weighted by atomic mass is 10.3. The van der Waals surface area contributed by atoms with Crippen molar-refractivity contribution >= 4 is 11.8 Å². The zero-order valence-corrected chi connectivity index (χ0v) is 6.84. The van der Waals surface area contributed by atoms with E-state index in [0.29, 0.717) is 0 Å². The molecule has 1 nitrogen and oxygen atoms in total. The Morgan fingerprint density at radius 3 is 3.11 bits per heavy atom. The molecule has 0 spiro atoms. The van der Waals surface area contributed by atoms with Gasteiger partial charge in [-0.2, -0.15) is 11.8 Å². The number of thioether (sulfide) groups is 1. The van der Waals surface area contributed by atoms with Crippen molar-refractivity contribution in [3.05, 3.63) is 0 Å². The summed E-state index contributed by atoms with van der Waals surface area (Å²) in [4.78, 5) is 0. The van der Waals surface area contributed by atoms with E-state index in [0.717, 1.165) is 6.04 Å². The van der Waals surface area contributed by atoms with E-state index in [4.69, 9.17) is 0 Å². The second-order valence-corrected chi connectivity index (χ2v) is 3.77. The highest BCUT2D eigenvalue weighted by molar-refractivity contribution is 7.99.